The zero-order valence-corrected chi connectivity index (χ0v) is 9.15. The molecule has 0 spiro atoms. The van der Waals surface area contributed by atoms with Gasteiger partial charge in [-0.05, 0) is 18.6 Å². The first-order chi connectivity index (χ1) is 6.61. The van der Waals surface area contributed by atoms with Crippen LogP contribution in [0.5, 0.6) is 0 Å². The van der Waals surface area contributed by atoms with Crippen LogP contribution in [0.2, 0.25) is 0 Å². The predicted octanol–water partition coefficient (Wildman–Crippen LogP) is 2.61. The highest BCUT2D eigenvalue weighted by molar-refractivity contribution is 7.80. The first-order valence-corrected chi connectivity index (χ1v) is 5.30. The average molecular weight is 220 g/mol. The second-order valence-electron chi connectivity index (χ2n) is 2.27. The van der Waals surface area contributed by atoms with Gasteiger partial charge in [0.2, 0.25) is 0 Å². The molecule has 0 aromatic heterocycles. The maximum atomic E-state index is 12.9. The van der Waals surface area contributed by atoms with E-state index in [0.717, 1.165) is 0 Å². The van der Waals surface area contributed by atoms with Crippen LogP contribution in [0.1, 0.15) is 20.8 Å². The SMILES string of the molecule is CC.Cc1cccc(F)c1NS(=O)[O-].[HH]. The second kappa shape index (κ2) is 6.50. The van der Waals surface area contributed by atoms with Crippen LogP contribution >= 0.6 is 0 Å². The van der Waals surface area contributed by atoms with Crippen LogP contribution < -0.4 is 4.72 Å². The third-order valence-electron chi connectivity index (χ3n) is 1.41. The van der Waals surface area contributed by atoms with Crippen molar-refractivity contribution in [1.29, 1.82) is 0 Å². The number of rotatable bonds is 2. The third kappa shape index (κ3) is 3.85. The van der Waals surface area contributed by atoms with E-state index in [0.29, 0.717) is 5.56 Å². The fourth-order valence-electron chi connectivity index (χ4n) is 0.845. The largest absolute Gasteiger partial charge is 0.755 e. The van der Waals surface area contributed by atoms with Gasteiger partial charge in [-0.25, -0.2) is 4.39 Å². The number of halogens is 1. The number of hydrogen-bond acceptors (Lipinski definition) is 2. The summed E-state index contributed by atoms with van der Waals surface area (Å²) in [6, 6.07) is 4.34. The molecule has 82 valence electrons. The summed E-state index contributed by atoms with van der Waals surface area (Å²) in [4.78, 5) is 0. The van der Waals surface area contributed by atoms with Crippen LogP contribution in [0.15, 0.2) is 18.2 Å². The van der Waals surface area contributed by atoms with Crippen LogP contribution in [-0.4, -0.2) is 8.76 Å². The van der Waals surface area contributed by atoms with Gasteiger partial charge in [-0.1, -0.05) is 26.0 Å². The highest BCUT2D eigenvalue weighted by atomic mass is 32.2. The van der Waals surface area contributed by atoms with Crippen molar-refractivity contribution in [2.24, 2.45) is 0 Å². The molecule has 0 radical (unpaired) electrons. The van der Waals surface area contributed by atoms with E-state index in [4.69, 9.17) is 0 Å². The highest BCUT2D eigenvalue weighted by Crippen LogP contribution is 2.18. The smallest absolute Gasteiger partial charge is 0.147 e. The topological polar surface area (TPSA) is 52.2 Å². The lowest BCUT2D eigenvalue weighted by Gasteiger charge is -2.11. The minimum Gasteiger partial charge on any atom is -0.755 e. The Bertz CT molecular complexity index is 303. The van der Waals surface area contributed by atoms with Crippen molar-refractivity contribution >= 4 is 17.0 Å². The summed E-state index contributed by atoms with van der Waals surface area (Å²) in [5.41, 5.74) is 0.560. The summed E-state index contributed by atoms with van der Waals surface area (Å²) in [6.45, 7) is 5.62. The summed E-state index contributed by atoms with van der Waals surface area (Å²) >= 11 is -2.48. The predicted molar refractivity (Wildman–Crippen MR) is 57.1 cm³/mol. The Balaban J connectivity index is 0. The van der Waals surface area contributed by atoms with E-state index in [2.05, 4.69) is 0 Å². The van der Waals surface area contributed by atoms with Gasteiger partial charge < -0.3 is 9.27 Å². The Kier molecular flexibility index (Phi) is 6.07. The van der Waals surface area contributed by atoms with Crippen LogP contribution in [0.25, 0.3) is 0 Å². The van der Waals surface area contributed by atoms with Gasteiger partial charge >= 0.3 is 0 Å². The molecule has 0 aliphatic carbocycles. The van der Waals surface area contributed by atoms with Gasteiger partial charge in [0.05, 0.1) is 5.69 Å². The second-order valence-corrected chi connectivity index (χ2v) is 2.94. The Morgan fingerprint density at radius 3 is 2.50 bits per heavy atom. The highest BCUT2D eigenvalue weighted by Gasteiger charge is 2.02. The molecule has 0 heterocycles. The van der Waals surface area contributed by atoms with E-state index in [9.17, 15) is 13.2 Å². The minimum atomic E-state index is -2.48. The van der Waals surface area contributed by atoms with E-state index < -0.39 is 17.1 Å². The van der Waals surface area contributed by atoms with E-state index in [1.54, 1.807) is 13.0 Å². The average Bonchev–Trinajstić information content (AvgIpc) is 2.15. The number of para-hydroxylation sites is 1. The lowest BCUT2D eigenvalue weighted by molar-refractivity contribution is 0.541. The number of benzene rings is 1. The van der Waals surface area contributed by atoms with Gasteiger partial charge in [0.1, 0.15) is 5.82 Å². The van der Waals surface area contributed by atoms with Crippen molar-refractivity contribution in [2.45, 2.75) is 20.8 Å². The molecule has 1 unspecified atom stereocenters. The fraction of sp³-hybridized carbons (Fsp3) is 0.333. The summed E-state index contributed by atoms with van der Waals surface area (Å²) < 4.78 is 35.2. The molecule has 0 saturated carbocycles. The van der Waals surface area contributed by atoms with Crippen molar-refractivity contribution in [2.75, 3.05) is 4.72 Å². The zero-order valence-electron chi connectivity index (χ0n) is 8.33. The van der Waals surface area contributed by atoms with E-state index in [-0.39, 0.29) is 7.11 Å². The molecule has 1 rings (SSSR count). The van der Waals surface area contributed by atoms with Crippen molar-refractivity contribution in [3.05, 3.63) is 29.6 Å². The Labute approximate surface area is 87.2 Å². The molecule has 14 heavy (non-hydrogen) atoms. The minimum absolute atomic E-state index is 0. The number of anilines is 1. The Morgan fingerprint density at radius 1 is 1.50 bits per heavy atom. The van der Waals surface area contributed by atoms with Gasteiger partial charge in [0, 0.05) is 12.7 Å². The number of nitrogens with one attached hydrogen (secondary N) is 1. The van der Waals surface area contributed by atoms with Crippen LogP contribution in [0.4, 0.5) is 10.1 Å². The standard InChI is InChI=1S/C7H8FNO2S.C2H6.H2/c1-5-3-2-4-6(8)7(5)9-12(10)11;1-2;/h2-4,9H,1H3,(H,10,11);1-2H3;1H/p-1. The molecule has 0 fully saturated rings. The summed E-state index contributed by atoms with van der Waals surface area (Å²) in [5, 5.41) is 0. The number of hydrogen-bond donors (Lipinski definition) is 1. The van der Waals surface area contributed by atoms with E-state index in [1.165, 1.54) is 12.1 Å². The first-order valence-electron chi connectivity index (χ1n) is 4.22. The van der Waals surface area contributed by atoms with Crippen molar-refractivity contribution < 1.29 is 14.6 Å². The third-order valence-corrected chi connectivity index (χ3v) is 1.78. The first kappa shape index (κ1) is 13.1. The van der Waals surface area contributed by atoms with Gasteiger partial charge in [0.25, 0.3) is 0 Å². The van der Waals surface area contributed by atoms with E-state index in [1.807, 2.05) is 18.6 Å². The van der Waals surface area contributed by atoms with Gasteiger partial charge in [-0.2, -0.15) is 0 Å². The Morgan fingerprint density at radius 2 is 2.07 bits per heavy atom. The molecular weight excluding hydrogens is 205 g/mol. The summed E-state index contributed by atoms with van der Waals surface area (Å²) in [5.74, 6) is -0.570. The molecule has 1 N–H and O–H groups in total. The van der Waals surface area contributed by atoms with Crippen molar-refractivity contribution in [3.8, 4) is 0 Å². The molecule has 0 amide bonds. The van der Waals surface area contributed by atoms with Crippen molar-refractivity contribution in [1.82, 2.24) is 0 Å². The molecular formula is C9H15FNO2S-. The lowest BCUT2D eigenvalue weighted by Crippen LogP contribution is -2.05. The molecule has 0 aliphatic heterocycles. The van der Waals surface area contributed by atoms with Crippen LogP contribution in [0, 0.1) is 12.7 Å². The maximum Gasteiger partial charge on any atom is 0.147 e. The molecule has 1 atom stereocenters. The Hall–Kier alpha value is -0.940. The maximum absolute atomic E-state index is 12.9. The molecule has 0 aliphatic rings. The van der Waals surface area contributed by atoms with Crippen LogP contribution in [0.3, 0.4) is 0 Å². The summed E-state index contributed by atoms with van der Waals surface area (Å²) in [7, 11) is 0. The van der Waals surface area contributed by atoms with Crippen molar-refractivity contribution in [3.63, 3.8) is 0 Å². The quantitative estimate of drug-likeness (QED) is 0.779. The van der Waals surface area contributed by atoms with Gasteiger partial charge in [-0.15, -0.1) is 0 Å². The van der Waals surface area contributed by atoms with Gasteiger partial charge in [0.15, 0.2) is 0 Å². The number of aryl methyl sites for hydroxylation is 1. The normalized spacial score (nSPS) is 11.2. The fourth-order valence-corrected chi connectivity index (χ4v) is 1.27. The lowest BCUT2D eigenvalue weighted by atomic mass is 10.2. The zero-order chi connectivity index (χ0) is 11.1. The molecule has 3 nitrogen and oxygen atoms in total. The monoisotopic (exact) mass is 220 g/mol. The van der Waals surface area contributed by atoms with Gasteiger partial charge in [-0.3, -0.25) is 4.21 Å². The van der Waals surface area contributed by atoms with Crippen LogP contribution in [-0.2, 0) is 11.3 Å². The molecule has 1 aromatic carbocycles. The molecule has 0 bridgehead atoms. The molecule has 1 aromatic rings. The molecule has 0 saturated heterocycles. The summed E-state index contributed by atoms with van der Waals surface area (Å²) in [6.07, 6.45) is 0. The van der Waals surface area contributed by atoms with E-state index >= 15 is 0 Å². The molecule has 5 heteroatoms.